The number of halogens is 1. The minimum Gasteiger partial charge on any atom is -0.481 e. The van der Waals surface area contributed by atoms with E-state index in [1.165, 1.54) is 5.56 Å². The molecular weight excluding hydrogens is 258 g/mol. The second-order valence-corrected chi connectivity index (χ2v) is 5.10. The summed E-state index contributed by atoms with van der Waals surface area (Å²) in [6.07, 6.45) is 2.59. The summed E-state index contributed by atoms with van der Waals surface area (Å²) in [7, 11) is 0. The highest BCUT2D eigenvalue weighted by molar-refractivity contribution is 7.07. The van der Waals surface area contributed by atoms with Gasteiger partial charge < -0.3 is 10.0 Å². The number of carboxylic acids is 1. The van der Waals surface area contributed by atoms with Crippen molar-refractivity contribution in [2.24, 2.45) is 0 Å². The van der Waals surface area contributed by atoms with E-state index in [0.717, 1.165) is 25.9 Å². The van der Waals surface area contributed by atoms with Gasteiger partial charge in [0.05, 0.1) is 6.42 Å². The van der Waals surface area contributed by atoms with E-state index in [0.29, 0.717) is 12.5 Å². The van der Waals surface area contributed by atoms with Gasteiger partial charge in [-0.25, -0.2) is 0 Å². The van der Waals surface area contributed by atoms with Gasteiger partial charge in [0.15, 0.2) is 0 Å². The van der Waals surface area contributed by atoms with Crippen LogP contribution in [0.3, 0.4) is 0 Å². The summed E-state index contributed by atoms with van der Waals surface area (Å²) in [6, 6.07) is 2.21. The van der Waals surface area contributed by atoms with E-state index in [1.54, 1.807) is 11.3 Å². The normalized spacial score (nSPS) is 17.6. The van der Waals surface area contributed by atoms with E-state index < -0.39 is 5.97 Å². The molecule has 0 radical (unpaired) electrons. The van der Waals surface area contributed by atoms with E-state index >= 15 is 0 Å². The fraction of sp³-hybridized carbons (Fsp3) is 0.583. The van der Waals surface area contributed by atoms with Crippen molar-refractivity contribution < 1.29 is 9.90 Å². The zero-order valence-corrected chi connectivity index (χ0v) is 11.3. The molecule has 0 aromatic carbocycles. The zero-order chi connectivity index (χ0) is 11.4. The number of carboxylic acid groups (broad SMARTS) is 1. The molecule has 0 saturated carbocycles. The van der Waals surface area contributed by atoms with Crippen LogP contribution in [0.1, 0.15) is 30.7 Å². The van der Waals surface area contributed by atoms with Gasteiger partial charge in [-0.15, -0.1) is 12.4 Å². The summed E-state index contributed by atoms with van der Waals surface area (Å²) in [5.41, 5.74) is 1.46. The molecule has 1 aliphatic heterocycles. The second-order valence-electron chi connectivity index (χ2n) is 4.32. The highest BCUT2D eigenvalue weighted by Gasteiger charge is 2.20. The van der Waals surface area contributed by atoms with Gasteiger partial charge in [0.25, 0.3) is 0 Å². The van der Waals surface area contributed by atoms with E-state index in [2.05, 4.69) is 21.7 Å². The van der Waals surface area contributed by atoms with Crippen LogP contribution in [-0.4, -0.2) is 35.6 Å². The Hall–Kier alpha value is -0.580. The molecule has 1 aromatic heterocycles. The molecule has 0 spiro atoms. The molecule has 3 nitrogen and oxygen atoms in total. The Balaban J connectivity index is 0.00000144. The van der Waals surface area contributed by atoms with Crippen LogP contribution >= 0.6 is 23.7 Å². The van der Waals surface area contributed by atoms with Crippen LogP contribution in [0.25, 0.3) is 0 Å². The molecule has 0 unspecified atom stereocenters. The van der Waals surface area contributed by atoms with Crippen LogP contribution in [0.15, 0.2) is 16.8 Å². The highest BCUT2D eigenvalue weighted by Crippen LogP contribution is 2.29. The molecule has 0 amide bonds. The Morgan fingerprint density at radius 3 is 2.71 bits per heavy atom. The summed E-state index contributed by atoms with van der Waals surface area (Å²) in [5.74, 6) is -0.00714. The van der Waals surface area contributed by atoms with Gasteiger partial charge in [-0.2, -0.15) is 11.3 Å². The molecule has 2 heterocycles. The maximum Gasteiger partial charge on any atom is 0.304 e. The van der Waals surface area contributed by atoms with Crippen LogP contribution in [0, 0.1) is 0 Å². The van der Waals surface area contributed by atoms with E-state index in [-0.39, 0.29) is 18.8 Å². The molecule has 1 N–H and O–H groups in total. The summed E-state index contributed by atoms with van der Waals surface area (Å²) in [5, 5.41) is 13.0. The molecule has 1 saturated heterocycles. The Kier molecular flexibility index (Phi) is 5.95. The topological polar surface area (TPSA) is 40.5 Å². The molecule has 1 aliphatic rings. The molecule has 5 heteroatoms. The molecule has 1 fully saturated rings. The molecule has 2 rings (SSSR count). The third-order valence-electron chi connectivity index (χ3n) is 3.24. The van der Waals surface area contributed by atoms with Crippen molar-refractivity contribution in [3.63, 3.8) is 0 Å². The minimum atomic E-state index is -0.694. The Morgan fingerprint density at radius 2 is 2.18 bits per heavy atom. The van der Waals surface area contributed by atoms with Crippen LogP contribution in [0.5, 0.6) is 0 Å². The third kappa shape index (κ3) is 4.30. The van der Waals surface area contributed by atoms with Crippen molar-refractivity contribution in [1.29, 1.82) is 0 Å². The summed E-state index contributed by atoms with van der Waals surface area (Å²) >= 11 is 1.76. The summed E-state index contributed by atoms with van der Waals surface area (Å²) < 4.78 is 0. The van der Waals surface area contributed by atoms with Crippen LogP contribution in [-0.2, 0) is 4.79 Å². The average Bonchev–Trinajstić information content (AvgIpc) is 2.80. The number of nitrogens with zero attached hydrogens (tertiary/aromatic N) is 1. The largest absolute Gasteiger partial charge is 0.481 e. The van der Waals surface area contributed by atoms with E-state index in [4.69, 9.17) is 5.11 Å². The standard InChI is InChI=1S/C12H17NO2S.ClH/c14-12(15)3-7-13-5-1-10(2-6-13)11-4-8-16-9-11;/h4,8-10H,1-3,5-7H2,(H,14,15);1H. The van der Waals surface area contributed by atoms with E-state index in [9.17, 15) is 4.79 Å². The van der Waals surface area contributed by atoms with Gasteiger partial charge in [0.2, 0.25) is 0 Å². The lowest BCUT2D eigenvalue weighted by molar-refractivity contribution is -0.137. The quantitative estimate of drug-likeness (QED) is 0.919. The number of thiophene rings is 1. The monoisotopic (exact) mass is 275 g/mol. The lowest BCUT2D eigenvalue weighted by Gasteiger charge is -2.31. The first-order valence-corrected chi connectivity index (χ1v) is 6.66. The molecule has 0 bridgehead atoms. The summed E-state index contributed by atoms with van der Waals surface area (Å²) in [4.78, 5) is 12.7. The highest BCUT2D eigenvalue weighted by atomic mass is 35.5. The van der Waals surface area contributed by atoms with Crippen molar-refractivity contribution >= 4 is 29.7 Å². The average molecular weight is 276 g/mol. The second kappa shape index (κ2) is 6.99. The maximum absolute atomic E-state index is 10.5. The third-order valence-corrected chi connectivity index (χ3v) is 3.95. The molecule has 0 aliphatic carbocycles. The van der Waals surface area contributed by atoms with Crippen LogP contribution in [0.2, 0.25) is 0 Å². The molecule has 17 heavy (non-hydrogen) atoms. The first-order valence-electron chi connectivity index (χ1n) is 5.72. The van der Waals surface area contributed by atoms with Crippen molar-refractivity contribution in [3.8, 4) is 0 Å². The molecule has 0 atom stereocenters. The SMILES string of the molecule is Cl.O=C(O)CCN1CCC(c2ccsc2)CC1. The van der Waals surface area contributed by atoms with Gasteiger partial charge >= 0.3 is 5.97 Å². The van der Waals surface area contributed by atoms with Gasteiger partial charge in [0, 0.05) is 6.54 Å². The van der Waals surface area contributed by atoms with Gasteiger partial charge in [-0.1, -0.05) is 0 Å². The lowest BCUT2D eigenvalue weighted by atomic mass is 9.91. The molecular formula is C12H18ClNO2S. The van der Waals surface area contributed by atoms with Crippen molar-refractivity contribution in [2.75, 3.05) is 19.6 Å². The van der Waals surface area contributed by atoms with Gasteiger partial charge in [-0.3, -0.25) is 4.79 Å². The first kappa shape index (κ1) is 14.5. The first-order chi connectivity index (χ1) is 7.75. The predicted octanol–water partition coefficient (Wildman–Crippen LogP) is 2.82. The van der Waals surface area contributed by atoms with Gasteiger partial charge in [-0.05, 0) is 54.2 Å². The number of rotatable bonds is 4. The Bertz CT molecular complexity index is 334. The van der Waals surface area contributed by atoms with Gasteiger partial charge in [0.1, 0.15) is 0 Å². The van der Waals surface area contributed by atoms with Crippen molar-refractivity contribution in [2.45, 2.75) is 25.2 Å². The maximum atomic E-state index is 10.5. The molecule has 96 valence electrons. The van der Waals surface area contributed by atoms with Crippen molar-refractivity contribution in [1.82, 2.24) is 4.90 Å². The number of likely N-dealkylation sites (tertiary alicyclic amines) is 1. The number of aliphatic carboxylic acids is 1. The Morgan fingerprint density at radius 1 is 1.47 bits per heavy atom. The van der Waals surface area contributed by atoms with Crippen molar-refractivity contribution in [3.05, 3.63) is 22.4 Å². The van der Waals surface area contributed by atoms with Crippen LogP contribution in [0.4, 0.5) is 0 Å². The fourth-order valence-electron chi connectivity index (χ4n) is 2.25. The Labute approximate surface area is 112 Å². The zero-order valence-electron chi connectivity index (χ0n) is 9.67. The minimum absolute atomic E-state index is 0. The predicted molar refractivity (Wildman–Crippen MR) is 72.2 cm³/mol. The van der Waals surface area contributed by atoms with E-state index in [1.807, 2.05) is 0 Å². The molecule has 1 aromatic rings. The summed E-state index contributed by atoms with van der Waals surface area (Å²) in [6.45, 7) is 2.77. The fourth-order valence-corrected chi connectivity index (χ4v) is 2.99. The van der Waals surface area contributed by atoms with Crippen LogP contribution < -0.4 is 0 Å². The lowest BCUT2D eigenvalue weighted by Crippen LogP contribution is -2.34. The number of piperidine rings is 1. The number of hydrogen-bond donors (Lipinski definition) is 1. The smallest absolute Gasteiger partial charge is 0.304 e. The number of hydrogen-bond acceptors (Lipinski definition) is 3. The number of carbonyl (C=O) groups is 1.